The number of pyridine rings is 1. The Balaban J connectivity index is 1.77. The van der Waals surface area contributed by atoms with Gasteiger partial charge in [0.05, 0.1) is 17.8 Å². The Morgan fingerprint density at radius 1 is 1.29 bits per heavy atom. The molecule has 0 saturated heterocycles. The molecule has 1 aromatic carbocycles. The number of amides is 2. The maximum atomic E-state index is 13.9. The molecular formula is C21H22F2N4O4. The number of hydrogen-bond donors (Lipinski definition) is 3. The number of carbonyl (C=O) groups excluding carboxylic acids is 2. The predicted octanol–water partition coefficient (Wildman–Crippen LogP) is 1.44. The largest absolute Gasteiger partial charge is 0.503 e. The number of benzene rings is 1. The van der Waals surface area contributed by atoms with Gasteiger partial charge in [0.25, 0.3) is 11.8 Å². The van der Waals surface area contributed by atoms with Crippen LogP contribution in [0.1, 0.15) is 57.5 Å². The molecule has 3 heterocycles. The van der Waals surface area contributed by atoms with E-state index >= 15 is 0 Å². The van der Waals surface area contributed by atoms with E-state index in [1.54, 1.807) is 16.5 Å². The fourth-order valence-electron chi connectivity index (χ4n) is 4.43. The molecular weight excluding hydrogens is 410 g/mol. The molecule has 2 amide bonds. The second-order valence-electron chi connectivity index (χ2n) is 7.65. The van der Waals surface area contributed by atoms with Gasteiger partial charge >= 0.3 is 0 Å². The molecule has 2 aromatic rings. The Labute approximate surface area is 176 Å². The minimum absolute atomic E-state index is 0.0465. The molecule has 0 radical (unpaired) electrons. The molecule has 2 aliphatic rings. The number of rotatable bonds is 5. The van der Waals surface area contributed by atoms with Gasteiger partial charge in [0.2, 0.25) is 5.43 Å². The molecule has 10 heteroatoms. The van der Waals surface area contributed by atoms with Crippen LogP contribution in [-0.2, 0) is 6.54 Å². The maximum Gasteiger partial charge on any atom is 0.274 e. The van der Waals surface area contributed by atoms with Gasteiger partial charge in [0, 0.05) is 31.3 Å². The van der Waals surface area contributed by atoms with Gasteiger partial charge in [0.1, 0.15) is 17.2 Å². The lowest BCUT2D eigenvalue weighted by atomic mass is 10.0. The summed E-state index contributed by atoms with van der Waals surface area (Å²) in [5.74, 6) is -3.61. The standard InChI is InChI=1S/C21H22F2N4O4/c1-3-26-9-12-7-14(24-2)16-15(18(28)19(29)17(21(26)31)27(12)16)20(30)25-8-10-4-5-11(22)6-13(10)23/h4-6,12,14,24,29H,3,7-9H2,1-2H3,(H,25,30)/t12?,14-/m0/s1. The monoisotopic (exact) mass is 432 g/mol. The molecule has 2 aliphatic heterocycles. The highest BCUT2D eigenvalue weighted by Gasteiger charge is 2.44. The average Bonchev–Trinajstić information content (AvgIpc) is 3.10. The van der Waals surface area contributed by atoms with Gasteiger partial charge in [0.15, 0.2) is 11.4 Å². The van der Waals surface area contributed by atoms with Crippen LogP contribution in [0.3, 0.4) is 0 Å². The van der Waals surface area contributed by atoms with Gasteiger partial charge < -0.3 is 25.2 Å². The number of hydrogen-bond acceptors (Lipinski definition) is 5. The van der Waals surface area contributed by atoms with Crippen LogP contribution >= 0.6 is 0 Å². The van der Waals surface area contributed by atoms with E-state index in [-0.39, 0.29) is 35.4 Å². The lowest BCUT2D eigenvalue weighted by Gasteiger charge is -2.33. The van der Waals surface area contributed by atoms with Gasteiger partial charge in [-0.2, -0.15) is 0 Å². The van der Waals surface area contributed by atoms with E-state index in [0.717, 1.165) is 6.07 Å². The Morgan fingerprint density at radius 2 is 2.03 bits per heavy atom. The van der Waals surface area contributed by atoms with Crippen LogP contribution in [0.4, 0.5) is 8.78 Å². The first kappa shape index (κ1) is 21.0. The molecule has 0 spiro atoms. The van der Waals surface area contributed by atoms with Gasteiger partial charge in [-0.15, -0.1) is 0 Å². The first-order chi connectivity index (χ1) is 14.8. The first-order valence-corrected chi connectivity index (χ1v) is 9.98. The van der Waals surface area contributed by atoms with Crippen molar-refractivity contribution in [1.82, 2.24) is 20.1 Å². The Hall–Kier alpha value is -3.27. The molecule has 0 saturated carbocycles. The second kappa shape index (κ2) is 7.77. The van der Waals surface area contributed by atoms with Crippen molar-refractivity contribution in [2.75, 3.05) is 20.1 Å². The average molecular weight is 432 g/mol. The summed E-state index contributed by atoms with van der Waals surface area (Å²) >= 11 is 0. The van der Waals surface area contributed by atoms with E-state index in [1.807, 2.05) is 6.92 Å². The SMILES string of the molecule is CCN1CC2C[C@H](NC)c3c(C(=O)NCc4ccc(F)cc4F)c(=O)c(O)c(n32)C1=O. The van der Waals surface area contributed by atoms with E-state index in [0.29, 0.717) is 31.3 Å². The summed E-state index contributed by atoms with van der Waals surface area (Å²) in [6.07, 6.45) is 0.531. The number of aromatic hydroxyl groups is 1. The van der Waals surface area contributed by atoms with Crippen molar-refractivity contribution in [3.63, 3.8) is 0 Å². The van der Waals surface area contributed by atoms with Crippen molar-refractivity contribution in [2.45, 2.75) is 32.0 Å². The number of carbonyl (C=O) groups is 2. The van der Waals surface area contributed by atoms with Crippen LogP contribution in [0.5, 0.6) is 5.75 Å². The lowest BCUT2D eigenvalue weighted by molar-refractivity contribution is 0.0675. The van der Waals surface area contributed by atoms with Crippen molar-refractivity contribution in [3.05, 3.63) is 62.6 Å². The molecule has 31 heavy (non-hydrogen) atoms. The fraction of sp³-hybridized carbons (Fsp3) is 0.381. The molecule has 1 aromatic heterocycles. The summed E-state index contributed by atoms with van der Waals surface area (Å²) in [5, 5.41) is 16.1. The van der Waals surface area contributed by atoms with Crippen LogP contribution in [0.2, 0.25) is 0 Å². The smallest absolute Gasteiger partial charge is 0.274 e. The zero-order chi connectivity index (χ0) is 22.4. The Kier molecular flexibility index (Phi) is 5.26. The highest BCUT2D eigenvalue weighted by Crippen LogP contribution is 2.41. The molecule has 8 nitrogen and oxygen atoms in total. The zero-order valence-corrected chi connectivity index (χ0v) is 17.0. The van der Waals surface area contributed by atoms with E-state index in [2.05, 4.69) is 10.6 Å². The molecule has 2 atom stereocenters. The lowest BCUT2D eigenvalue weighted by Crippen LogP contribution is -2.44. The number of nitrogens with zero attached hydrogens (tertiary/aromatic N) is 2. The molecule has 3 N–H and O–H groups in total. The Morgan fingerprint density at radius 3 is 2.68 bits per heavy atom. The molecule has 0 fully saturated rings. The summed E-state index contributed by atoms with van der Waals surface area (Å²) in [4.78, 5) is 40.3. The topological polar surface area (TPSA) is 104 Å². The third-order valence-corrected chi connectivity index (χ3v) is 5.96. The number of likely N-dealkylation sites (N-methyl/N-ethyl adjacent to an activating group) is 1. The summed E-state index contributed by atoms with van der Waals surface area (Å²) in [5.41, 5.74) is -0.984. The van der Waals surface area contributed by atoms with Crippen molar-refractivity contribution < 1.29 is 23.5 Å². The Bertz CT molecular complexity index is 1150. The third-order valence-electron chi connectivity index (χ3n) is 5.96. The molecule has 1 unspecified atom stereocenters. The minimum atomic E-state index is -0.953. The molecule has 0 aliphatic carbocycles. The highest BCUT2D eigenvalue weighted by molar-refractivity contribution is 6.00. The minimum Gasteiger partial charge on any atom is -0.503 e. The van der Waals surface area contributed by atoms with E-state index < -0.39 is 34.6 Å². The highest BCUT2D eigenvalue weighted by atomic mass is 19.1. The normalized spacial score (nSPS) is 19.5. The van der Waals surface area contributed by atoms with Crippen LogP contribution in [0, 0.1) is 11.6 Å². The number of nitrogens with one attached hydrogen (secondary N) is 2. The predicted molar refractivity (Wildman–Crippen MR) is 107 cm³/mol. The van der Waals surface area contributed by atoms with E-state index in [9.17, 15) is 28.3 Å². The number of halogens is 2. The van der Waals surface area contributed by atoms with Crippen molar-refractivity contribution >= 4 is 11.8 Å². The van der Waals surface area contributed by atoms with Gasteiger partial charge in [-0.3, -0.25) is 14.4 Å². The summed E-state index contributed by atoms with van der Waals surface area (Å²) in [6.45, 7) is 2.36. The van der Waals surface area contributed by atoms with Gasteiger partial charge in [-0.1, -0.05) is 6.07 Å². The van der Waals surface area contributed by atoms with Crippen molar-refractivity contribution in [1.29, 1.82) is 0 Å². The van der Waals surface area contributed by atoms with Crippen LogP contribution < -0.4 is 16.1 Å². The summed E-state index contributed by atoms with van der Waals surface area (Å²) < 4.78 is 28.6. The fourth-order valence-corrected chi connectivity index (χ4v) is 4.43. The molecule has 4 rings (SSSR count). The zero-order valence-electron chi connectivity index (χ0n) is 17.0. The van der Waals surface area contributed by atoms with Crippen molar-refractivity contribution in [2.24, 2.45) is 0 Å². The third kappa shape index (κ3) is 3.27. The quantitative estimate of drug-likeness (QED) is 0.664. The van der Waals surface area contributed by atoms with E-state index in [4.69, 9.17) is 0 Å². The first-order valence-electron chi connectivity index (χ1n) is 9.98. The van der Waals surface area contributed by atoms with Crippen molar-refractivity contribution in [3.8, 4) is 5.75 Å². The van der Waals surface area contributed by atoms with E-state index in [1.165, 1.54) is 6.07 Å². The second-order valence-corrected chi connectivity index (χ2v) is 7.65. The van der Waals surface area contributed by atoms with Gasteiger partial charge in [-0.25, -0.2) is 8.78 Å². The summed E-state index contributed by atoms with van der Waals surface area (Å²) in [6, 6.07) is 2.38. The van der Waals surface area contributed by atoms with Gasteiger partial charge in [-0.05, 0) is 26.5 Å². The summed E-state index contributed by atoms with van der Waals surface area (Å²) in [7, 11) is 1.68. The van der Waals surface area contributed by atoms with Crippen LogP contribution in [0.15, 0.2) is 23.0 Å². The molecule has 164 valence electrons. The maximum absolute atomic E-state index is 13.9. The number of aromatic nitrogens is 1. The molecule has 0 bridgehead atoms. The van der Waals surface area contributed by atoms with Crippen LogP contribution in [-0.4, -0.2) is 46.5 Å². The van der Waals surface area contributed by atoms with Crippen LogP contribution in [0.25, 0.3) is 0 Å².